The molecule has 1 aliphatic heterocycles. The van der Waals surface area contributed by atoms with E-state index in [1.54, 1.807) is 0 Å². The van der Waals surface area contributed by atoms with Gasteiger partial charge in [-0.2, -0.15) is 0 Å². The Balaban J connectivity index is 2.25. The number of likely N-dealkylation sites (N-methyl/N-ethyl adjacent to an activating group) is 1. The number of hydrogen-bond acceptors (Lipinski definition) is 3. The molecular formula is C16H26BrN3. The van der Waals surface area contributed by atoms with Crippen molar-refractivity contribution < 1.29 is 0 Å². The molecule has 1 aliphatic rings. The molecule has 3 atom stereocenters. The first-order valence-corrected chi connectivity index (χ1v) is 8.27. The fourth-order valence-electron chi connectivity index (χ4n) is 3.13. The van der Waals surface area contributed by atoms with Gasteiger partial charge in [0.2, 0.25) is 0 Å². The first kappa shape index (κ1) is 16.0. The van der Waals surface area contributed by atoms with E-state index in [-0.39, 0.29) is 6.04 Å². The Morgan fingerprint density at radius 3 is 2.50 bits per heavy atom. The van der Waals surface area contributed by atoms with Gasteiger partial charge in [0, 0.05) is 36.2 Å². The number of hydrogen-bond donors (Lipinski definition) is 1. The largest absolute Gasteiger partial charge is 0.326 e. The Hall–Kier alpha value is -0.420. The third kappa shape index (κ3) is 3.61. The van der Waals surface area contributed by atoms with Crippen LogP contribution in [0.1, 0.15) is 31.9 Å². The van der Waals surface area contributed by atoms with Crippen molar-refractivity contribution in [1.82, 2.24) is 9.80 Å². The third-order valence-electron chi connectivity index (χ3n) is 4.33. The van der Waals surface area contributed by atoms with Crippen LogP contribution in [0.25, 0.3) is 0 Å². The van der Waals surface area contributed by atoms with Gasteiger partial charge in [-0.15, -0.1) is 0 Å². The second-order valence-corrected chi connectivity index (χ2v) is 6.83. The predicted molar refractivity (Wildman–Crippen MR) is 88.8 cm³/mol. The van der Waals surface area contributed by atoms with E-state index in [4.69, 9.17) is 5.73 Å². The summed E-state index contributed by atoms with van der Waals surface area (Å²) in [5.41, 5.74) is 7.78. The molecule has 20 heavy (non-hydrogen) atoms. The quantitative estimate of drug-likeness (QED) is 0.915. The van der Waals surface area contributed by atoms with Gasteiger partial charge < -0.3 is 10.6 Å². The van der Waals surface area contributed by atoms with E-state index in [9.17, 15) is 0 Å². The highest BCUT2D eigenvalue weighted by Gasteiger charge is 2.32. The lowest BCUT2D eigenvalue weighted by Crippen LogP contribution is -2.54. The molecule has 112 valence electrons. The Bertz CT molecular complexity index is 420. The van der Waals surface area contributed by atoms with E-state index >= 15 is 0 Å². The van der Waals surface area contributed by atoms with Crippen LogP contribution >= 0.6 is 15.9 Å². The third-order valence-corrected chi connectivity index (χ3v) is 4.86. The van der Waals surface area contributed by atoms with Gasteiger partial charge in [0.05, 0.1) is 6.04 Å². The van der Waals surface area contributed by atoms with Gasteiger partial charge in [-0.05, 0) is 38.1 Å². The van der Waals surface area contributed by atoms with Crippen LogP contribution < -0.4 is 5.73 Å². The highest BCUT2D eigenvalue weighted by atomic mass is 79.9. The summed E-state index contributed by atoms with van der Waals surface area (Å²) in [5.74, 6) is 0. The summed E-state index contributed by atoms with van der Waals surface area (Å²) in [7, 11) is 2.20. The van der Waals surface area contributed by atoms with E-state index < -0.39 is 0 Å². The number of nitrogens with two attached hydrogens (primary N) is 1. The lowest BCUT2D eigenvalue weighted by molar-refractivity contribution is 0.0492. The summed E-state index contributed by atoms with van der Waals surface area (Å²) >= 11 is 3.51. The Labute approximate surface area is 131 Å². The lowest BCUT2D eigenvalue weighted by atomic mass is 9.94. The first-order valence-electron chi connectivity index (χ1n) is 7.48. The molecular weight excluding hydrogens is 314 g/mol. The van der Waals surface area contributed by atoms with Crippen LogP contribution in [0.2, 0.25) is 0 Å². The van der Waals surface area contributed by atoms with Crippen molar-refractivity contribution in [2.75, 3.05) is 26.7 Å². The van der Waals surface area contributed by atoms with E-state index in [1.165, 1.54) is 5.56 Å². The zero-order chi connectivity index (χ0) is 14.7. The van der Waals surface area contributed by atoms with Gasteiger partial charge >= 0.3 is 0 Å². The maximum absolute atomic E-state index is 6.45. The Morgan fingerprint density at radius 2 is 1.95 bits per heavy atom. The van der Waals surface area contributed by atoms with Crippen LogP contribution in [0, 0.1) is 0 Å². The average Bonchev–Trinajstić information content (AvgIpc) is 2.43. The van der Waals surface area contributed by atoms with Crippen molar-refractivity contribution in [2.24, 2.45) is 5.73 Å². The minimum atomic E-state index is 0.182. The van der Waals surface area contributed by atoms with Crippen LogP contribution in [0.15, 0.2) is 28.7 Å². The molecule has 1 heterocycles. The zero-order valence-electron chi connectivity index (χ0n) is 12.7. The van der Waals surface area contributed by atoms with E-state index in [0.717, 1.165) is 30.5 Å². The van der Waals surface area contributed by atoms with E-state index in [1.807, 2.05) is 0 Å². The summed E-state index contributed by atoms with van der Waals surface area (Å²) in [4.78, 5) is 4.98. The topological polar surface area (TPSA) is 32.5 Å². The minimum absolute atomic E-state index is 0.182. The molecule has 3 unspecified atom stereocenters. The lowest BCUT2D eigenvalue weighted by Gasteiger charge is -2.45. The average molecular weight is 340 g/mol. The standard InChI is InChI=1S/C16H26BrN3/c1-4-15(18)16(13-5-7-14(17)8-6-13)20-10-9-19(3)11-12(20)2/h5-8,12,15-16H,4,9-11,18H2,1-3H3. The fraction of sp³-hybridized carbons (Fsp3) is 0.625. The van der Waals surface area contributed by atoms with Crippen LogP contribution in [0.3, 0.4) is 0 Å². The smallest absolute Gasteiger partial charge is 0.0502 e. The van der Waals surface area contributed by atoms with Gasteiger partial charge in [-0.3, -0.25) is 4.90 Å². The molecule has 2 rings (SSSR count). The first-order chi connectivity index (χ1) is 9.52. The zero-order valence-corrected chi connectivity index (χ0v) is 14.3. The molecule has 1 aromatic carbocycles. The fourth-order valence-corrected chi connectivity index (χ4v) is 3.40. The number of benzene rings is 1. The number of piperazine rings is 1. The maximum atomic E-state index is 6.45. The molecule has 4 heteroatoms. The summed E-state index contributed by atoms with van der Waals surface area (Å²) in [6.45, 7) is 7.81. The molecule has 1 saturated heterocycles. The Kier molecular flexibility index (Phi) is 5.61. The van der Waals surface area contributed by atoms with Crippen LogP contribution in [-0.2, 0) is 0 Å². The molecule has 0 aromatic heterocycles. The van der Waals surface area contributed by atoms with Crippen molar-refractivity contribution in [3.8, 4) is 0 Å². The van der Waals surface area contributed by atoms with E-state index in [0.29, 0.717) is 12.1 Å². The summed E-state index contributed by atoms with van der Waals surface area (Å²) in [5, 5.41) is 0. The summed E-state index contributed by atoms with van der Waals surface area (Å²) in [6.07, 6.45) is 1.000. The number of rotatable bonds is 4. The SMILES string of the molecule is CCC(N)C(c1ccc(Br)cc1)N1CCN(C)CC1C. The van der Waals surface area contributed by atoms with Crippen LogP contribution in [-0.4, -0.2) is 48.6 Å². The number of nitrogens with zero attached hydrogens (tertiary/aromatic N) is 2. The second kappa shape index (κ2) is 7.03. The molecule has 0 radical (unpaired) electrons. The summed E-state index contributed by atoms with van der Waals surface area (Å²) < 4.78 is 1.12. The van der Waals surface area contributed by atoms with Gasteiger partial charge in [-0.1, -0.05) is 35.0 Å². The predicted octanol–water partition coefficient (Wildman–Crippen LogP) is 2.86. The molecule has 0 saturated carbocycles. The van der Waals surface area contributed by atoms with Crippen molar-refractivity contribution in [2.45, 2.75) is 38.4 Å². The van der Waals surface area contributed by atoms with Gasteiger partial charge in [-0.25, -0.2) is 0 Å². The molecule has 3 nitrogen and oxygen atoms in total. The highest BCUT2D eigenvalue weighted by Crippen LogP contribution is 2.29. The Morgan fingerprint density at radius 1 is 1.30 bits per heavy atom. The monoisotopic (exact) mass is 339 g/mol. The highest BCUT2D eigenvalue weighted by molar-refractivity contribution is 9.10. The molecule has 1 aromatic rings. The molecule has 0 aliphatic carbocycles. The maximum Gasteiger partial charge on any atom is 0.0502 e. The van der Waals surface area contributed by atoms with Gasteiger partial charge in [0.1, 0.15) is 0 Å². The molecule has 0 amide bonds. The van der Waals surface area contributed by atoms with Gasteiger partial charge in [0.15, 0.2) is 0 Å². The van der Waals surface area contributed by atoms with Crippen molar-refractivity contribution in [3.63, 3.8) is 0 Å². The van der Waals surface area contributed by atoms with Crippen LogP contribution in [0.5, 0.6) is 0 Å². The van der Waals surface area contributed by atoms with Crippen molar-refractivity contribution >= 4 is 15.9 Å². The molecule has 1 fully saturated rings. The summed E-state index contributed by atoms with van der Waals surface area (Å²) in [6, 6.07) is 9.68. The molecule has 0 spiro atoms. The van der Waals surface area contributed by atoms with E-state index in [2.05, 4.69) is 70.9 Å². The normalized spacial score (nSPS) is 24.6. The minimum Gasteiger partial charge on any atom is -0.326 e. The van der Waals surface area contributed by atoms with Crippen molar-refractivity contribution in [3.05, 3.63) is 34.3 Å². The van der Waals surface area contributed by atoms with Gasteiger partial charge in [0.25, 0.3) is 0 Å². The molecule has 2 N–H and O–H groups in total. The number of halogens is 1. The molecule has 0 bridgehead atoms. The second-order valence-electron chi connectivity index (χ2n) is 5.92. The van der Waals surface area contributed by atoms with Crippen molar-refractivity contribution in [1.29, 1.82) is 0 Å². The van der Waals surface area contributed by atoms with Crippen LogP contribution in [0.4, 0.5) is 0 Å².